The standard InChI is InChI=1S/C25H31N3O3/c1-28(18-7-9-26-10-8-18)21-12-17(16-5-6-22(29)23(13-16)31-2)11-20-24(21)19(14-27-20)25(30)15-3-4-15/h5-6,11-13,15,18-19,26-27,29H,3-4,7-10,14H2,1-2H3. The van der Waals surface area contributed by atoms with E-state index < -0.39 is 0 Å². The second-order valence-electron chi connectivity index (χ2n) is 9.05. The number of rotatable bonds is 6. The van der Waals surface area contributed by atoms with Crippen LogP contribution in [0.5, 0.6) is 11.5 Å². The van der Waals surface area contributed by atoms with Gasteiger partial charge in [-0.15, -0.1) is 0 Å². The number of ketones is 1. The van der Waals surface area contributed by atoms with E-state index in [1.54, 1.807) is 13.2 Å². The first-order valence-electron chi connectivity index (χ1n) is 11.3. The van der Waals surface area contributed by atoms with Crippen molar-refractivity contribution in [3.05, 3.63) is 35.9 Å². The first kappa shape index (κ1) is 20.2. The molecule has 2 aromatic rings. The van der Waals surface area contributed by atoms with Gasteiger partial charge in [-0.2, -0.15) is 0 Å². The van der Waals surface area contributed by atoms with Crippen LogP contribution in [0.15, 0.2) is 30.3 Å². The first-order valence-corrected chi connectivity index (χ1v) is 11.3. The third-order valence-electron chi connectivity index (χ3n) is 7.08. The van der Waals surface area contributed by atoms with Crippen LogP contribution in [0.4, 0.5) is 11.4 Å². The zero-order valence-corrected chi connectivity index (χ0v) is 18.3. The van der Waals surface area contributed by atoms with Gasteiger partial charge in [0, 0.05) is 42.5 Å². The lowest BCUT2D eigenvalue weighted by molar-refractivity contribution is -0.121. The maximum atomic E-state index is 13.1. The number of nitrogens with zero attached hydrogens (tertiary/aromatic N) is 1. The number of carbonyl (C=O) groups is 1. The fourth-order valence-electron chi connectivity index (χ4n) is 5.07. The number of methoxy groups -OCH3 is 1. The second-order valence-corrected chi connectivity index (χ2v) is 9.05. The molecule has 6 nitrogen and oxygen atoms in total. The molecule has 2 fully saturated rings. The van der Waals surface area contributed by atoms with Gasteiger partial charge in [0.25, 0.3) is 0 Å². The summed E-state index contributed by atoms with van der Waals surface area (Å²) in [7, 11) is 3.73. The van der Waals surface area contributed by atoms with Crippen LogP contribution in [0.25, 0.3) is 11.1 Å². The smallest absolute Gasteiger partial charge is 0.161 e. The summed E-state index contributed by atoms with van der Waals surface area (Å²) in [6.07, 6.45) is 4.26. The molecule has 2 aliphatic heterocycles. The van der Waals surface area contributed by atoms with Crippen LogP contribution in [-0.2, 0) is 4.79 Å². The van der Waals surface area contributed by atoms with Gasteiger partial charge in [-0.1, -0.05) is 6.07 Å². The maximum absolute atomic E-state index is 13.1. The Bertz CT molecular complexity index is 996. The van der Waals surface area contributed by atoms with E-state index >= 15 is 0 Å². The third kappa shape index (κ3) is 3.74. The number of piperidine rings is 1. The van der Waals surface area contributed by atoms with Gasteiger partial charge < -0.3 is 25.4 Å². The number of phenols is 1. The highest BCUT2D eigenvalue weighted by Gasteiger charge is 2.40. The van der Waals surface area contributed by atoms with Gasteiger partial charge in [-0.05, 0) is 74.2 Å². The Morgan fingerprint density at radius 2 is 1.87 bits per heavy atom. The fraction of sp³-hybridized carbons (Fsp3) is 0.480. The molecule has 6 heteroatoms. The van der Waals surface area contributed by atoms with Crippen molar-refractivity contribution < 1.29 is 14.6 Å². The third-order valence-corrected chi connectivity index (χ3v) is 7.08. The second kappa shape index (κ2) is 8.08. The zero-order chi connectivity index (χ0) is 21.5. The molecule has 1 atom stereocenters. The van der Waals surface area contributed by atoms with Crippen LogP contribution >= 0.6 is 0 Å². The first-order chi connectivity index (χ1) is 15.1. The van der Waals surface area contributed by atoms with E-state index in [9.17, 15) is 9.90 Å². The molecular formula is C25H31N3O3. The highest BCUT2D eigenvalue weighted by atomic mass is 16.5. The molecule has 2 heterocycles. The average Bonchev–Trinajstić information content (AvgIpc) is 3.57. The van der Waals surface area contributed by atoms with Crippen LogP contribution in [0.3, 0.4) is 0 Å². The summed E-state index contributed by atoms with van der Waals surface area (Å²) in [4.78, 5) is 15.5. The summed E-state index contributed by atoms with van der Waals surface area (Å²) < 4.78 is 5.33. The number of Topliss-reactive ketones (excluding diaryl/α,β-unsaturated/α-hetero) is 1. The van der Waals surface area contributed by atoms with Gasteiger partial charge in [0.2, 0.25) is 0 Å². The number of ether oxygens (including phenoxy) is 1. The largest absolute Gasteiger partial charge is 0.504 e. The van der Waals surface area contributed by atoms with E-state index in [4.69, 9.17) is 4.74 Å². The van der Waals surface area contributed by atoms with E-state index in [2.05, 4.69) is 34.7 Å². The van der Waals surface area contributed by atoms with Gasteiger partial charge in [-0.3, -0.25) is 4.79 Å². The molecule has 0 aromatic heterocycles. The number of nitrogens with one attached hydrogen (secondary N) is 2. The van der Waals surface area contributed by atoms with Crippen LogP contribution in [0.2, 0.25) is 0 Å². The highest BCUT2D eigenvalue weighted by Crippen LogP contribution is 2.47. The number of carbonyl (C=O) groups excluding carboxylic acids is 1. The van der Waals surface area contributed by atoms with E-state index in [-0.39, 0.29) is 17.6 Å². The van der Waals surface area contributed by atoms with Crippen LogP contribution in [-0.4, -0.2) is 50.7 Å². The lowest BCUT2D eigenvalue weighted by atomic mass is 9.89. The minimum atomic E-state index is -0.0648. The molecule has 0 amide bonds. The lowest BCUT2D eigenvalue weighted by Gasteiger charge is -2.35. The van der Waals surface area contributed by atoms with E-state index in [1.165, 1.54) is 0 Å². The van der Waals surface area contributed by atoms with E-state index in [0.717, 1.165) is 66.8 Å². The maximum Gasteiger partial charge on any atom is 0.161 e. The summed E-state index contributed by atoms with van der Waals surface area (Å²) in [6, 6.07) is 10.3. The Balaban J connectivity index is 1.59. The minimum absolute atomic E-state index is 0.0648. The molecule has 3 N–H and O–H groups in total. The number of phenolic OH excluding ortho intramolecular Hbond substituents is 1. The summed E-state index contributed by atoms with van der Waals surface area (Å²) in [5, 5.41) is 17.0. The number of hydrogen-bond donors (Lipinski definition) is 3. The molecular weight excluding hydrogens is 390 g/mol. The van der Waals surface area contributed by atoms with Crippen molar-refractivity contribution in [1.29, 1.82) is 0 Å². The molecule has 1 unspecified atom stereocenters. The number of benzene rings is 2. The van der Waals surface area contributed by atoms with Crippen molar-refractivity contribution in [2.24, 2.45) is 5.92 Å². The van der Waals surface area contributed by atoms with Crippen molar-refractivity contribution in [3.8, 4) is 22.6 Å². The van der Waals surface area contributed by atoms with Crippen molar-refractivity contribution in [2.45, 2.75) is 37.6 Å². The number of aromatic hydroxyl groups is 1. The Morgan fingerprint density at radius 1 is 1.10 bits per heavy atom. The molecule has 1 saturated heterocycles. The topological polar surface area (TPSA) is 73.8 Å². The van der Waals surface area contributed by atoms with Gasteiger partial charge in [-0.25, -0.2) is 0 Å². The lowest BCUT2D eigenvalue weighted by Crippen LogP contribution is -2.41. The molecule has 0 spiro atoms. The van der Waals surface area contributed by atoms with Gasteiger partial charge in [0.15, 0.2) is 11.5 Å². The van der Waals surface area contributed by atoms with Gasteiger partial charge in [0.05, 0.1) is 13.0 Å². The molecule has 0 radical (unpaired) electrons. The zero-order valence-electron chi connectivity index (χ0n) is 18.3. The average molecular weight is 422 g/mol. The fourth-order valence-corrected chi connectivity index (χ4v) is 5.07. The van der Waals surface area contributed by atoms with Crippen molar-refractivity contribution in [1.82, 2.24) is 5.32 Å². The predicted molar refractivity (Wildman–Crippen MR) is 123 cm³/mol. The van der Waals surface area contributed by atoms with Crippen molar-refractivity contribution in [2.75, 3.05) is 44.0 Å². The van der Waals surface area contributed by atoms with Crippen LogP contribution in [0.1, 0.15) is 37.2 Å². The monoisotopic (exact) mass is 421 g/mol. The van der Waals surface area contributed by atoms with Crippen LogP contribution in [0, 0.1) is 5.92 Å². The van der Waals surface area contributed by atoms with Crippen LogP contribution < -0.4 is 20.3 Å². The number of hydrogen-bond acceptors (Lipinski definition) is 6. The quantitative estimate of drug-likeness (QED) is 0.660. The number of fused-ring (bicyclic) bond motifs is 1. The van der Waals surface area contributed by atoms with Gasteiger partial charge in [0.1, 0.15) is 5.78 Å². The SMILES string of the molecule is COc1cc(-c2cc3c(c(N(C)C4CCNCC4)c2)C(C(=O)C2CC2)CN3)ccc1O. The van der Waals surface area contributed by atoms with Gasteiger partial charge >= 0.3 is 0 Å². The van der Waals surface area contributed by atoms with Crippen molar-refractivity contribution >= 4 is 17.2 Å². The van der Waals surface area contributed by atoms with Crippen molar-refractivity contribution in [3.63, 3.8) is 0 Å². The molecule has 1 aliphatic carbocycles. The molecule has 3 aliphatic rings. The molecule has 164 valence electrons. The molecule has 2 aromatic carbocycles. The molecule has 31 heavy (non-hydrogen) atoms. The minimum Gasteiger partial charge on any atom is -0.504 e. The Labute approximate surface area is 183 Å². The summed E-state index contributed by atoms with van der Waals surface area (Å²) in [5.74, 6) is 1.17. The Kier molecular flexibility index (Phi) is 5.26. The Morgan fingerprint density at radius 3 is 2.58 bits per heavy atom. The molecule has 1 saturated carbocycles. The highest BCUT2D eigenvalue weighted by molar-refractivity contribution is 5.96. The summed E-state index contributed by atoms with van der Waals surface area (Å²) in [5.41, 5.74) is 5.40. The molecule has 5 rings (SSSR count). The number of anilines is 2. The van der Waals surface area contributed by atoms with E-state index in [1.807, 2.05) is 12.1 Å². The predicted octanol–water partition coefficient (Wildman–Crippen LogP) is 3.74. The van der Waals surface area contributed by atoms with E-state index in [0.29, 0.717) is 24.1 Å². The normalized spacial score (nSPS) is 20.8. The summed E-state index contributed by atoms with van der Waals surface area (Å²) >= 11 is 0. The summed E-state index contributed by atoms with van der Waals surface area (Å²) in [6.45, 7) is 2.73. The molecule has 0 bridgehead atoms. The Hall–Kier alpha value is -2.73.